The van der Waals surface area contributed by atoms with Crippen molar-refractivity contribution < 1.29 is 5.11 Å². The van der Waals surface area contributed by atoms with Crippen LogP contribution in [0, 0.1) is 11.3 Å². The van der Waals surface area contributed by atoms with Crippen LogP contribution in [-0.4, -0.2) is 10.1 Å². The molecule has 3 nitrogen and oxygen atoms in total. The highest BCUT2D eigenvalue weighted by Gasteiger charge is 2.05. The first-order chi connectivity index (χ1) is 6.33. The van der Waals surface area contributed by atoms with Gasteiger partial charge in [0.1, 0.15) is 11.6 Å². The maximum Gasteiger partial charge on any atom is 0.159 e. The van der Waals surface area contributed by atoms with Crippen LogP contribution in [0.2, 0.25) is 0 Å². The minimum Gasteiger partial charge on any atom is -0.504 e. The molecular formula is C10H6N2O. The number of phenolic OH excluding ortho intramolecular Hbond substituents is 1. The van der Waals surface area contributed by atoms with E-state index >= 15 is 0 Å². The van der Waals surface area contributed by atoms with Gasteiger partial charge in [-0.15, -0.1) is 0 Å². The van der Waals surface area contributed by atoms with Gasteiger partial charge in [0.25, 0.3) is 0 Å². The summed E-state index contributed by atoms with van der Waals surface area (Å²) in [5, 5.41) is 19.0. The lowest BCUT2D eigenvalue weighted by Gasteiger charge is -1.99. The molecule has 2 rings (SSSR count). The van der Waals surface area contributed by atoms with Gasteiger partial charge in [0, 0.05) is 11.6 Å². The minimum atomic E-state index is -0.0411. The summed E-state index contributed by atoms with van der Waals surface area (Å²) in [6.45, 7) is 0. The number of phenols is 1. The molecule has 62 valence electrons. The first-order valence-electron chi connectivity index (χ1n) is 3.80. The molecule has 0 radical (unpaired) electrons. The van der Waals surface area contributed by atoms with Crippen molar-refractivity contribution in [3.05, 3.63) is 36.0 Å². The van der Waals surface area contributed by atoms with Crippen molar-refractivity contribution in [3.63, 3.8) is 0 Å². The Bertz CT molecular complexity index is 500. The number of benzene rings is 1. The van der Waals surface area contributed by atoms with Crippen LogP contribution in [0.15, 0.2) is 30.5 Å². The van der Waals surface area contributed by atoms with E-state index in [4.69, 9.17) is 5.26 Å². The van der Waals surface area contributed by atoms with Crippen molar-refractivity contribution >= 4 is 10.9 Å². The molecule has 13 heavy (non-hydrogen) atoms. The van der Waals surface area contributed by atoms with E-state index in [9.17, 15) is 5.11 Å². The molecule has 3 heteroatoms. The predicted molar refractivity (Wildman–Crippen MR) is 48.1 cm³/mol. The van der Waals surface area contributed by atoms with E-state index in [-0.39, 0.29) is 11.3 Å². The van der Waals surface area contributed by atoms with Crippen molar-refractivity contribution in [1.29, 1.82) is 5.26 Å². The van der Waals surface area contributed by atoms with E-state index in [1.165, 1.54) is 0 Å². The number of rotatable bonds is 0. The number of hydrogen-bond acceptors (Lipinski definition) is 3. The zero-order valence-electron chi connectivity index (χ0n) is 6.73. The summed E-state index contributed by atoms with van der Waals surface area (Å²) in [6.07, 6.45) is 1.59. The van der Waals surface area contributed by atoms with Crippen LogP contribution in [0.3, 0.4) is 0 Å². The normalized spacial score (nSPS) is 9.77. The molecule has 2 aromatic rings. The quantitative estimate of drug-likeness (QED) is 0.656. The number of fused-ring (bicyclic) bond motifs is 1. The monoisotopic (exact) mass is 170 g/mol. The van der Waals surface area contributed by atoms with Crippen LogP contribution in [0.25, 0.3) is 10.9 Å². The van der Waals surface area contributed by atoms with E-state index in [0.29, 0.717) is 5.52 Å². The van der Waals surface area contributed by atoms with E-state index in [2.05, 4.69) is 4.98 Å². The minimum absolute atomic E-state index is 0.0411. The number of aromatic hydroxyl groups is 1. The number of hydrogen-bond donors (Lipinski definition) is 1. The van der Waals surface area contributed by atoms with Gasteiger partial charge < -0.3 is 5.11 Å². The van der Waals surface area contributed by atoms with Crippen LogP contribution in [0.4, 0.5) is 0 Å². The van der Waals surface area contributed by atoms with Crippen molar-refractivity contribution in [3.8, 4) is 11.8 Å². The molecule has 0 spiro atoms. The van der Waals surface area contributed by atoms with Crippen molar-refractivity contribution in [1.82, 2.24) is 4.98 Å². The Morgan fingerprint density at radius 1 is 1.31 bits per heavy atom. The smallest absolute Gasteiger partial charge is 0.159 e. The summed E-state index contributed by atoms with van der Waals surface area (Å²) in [6, 6.07) is 8.87. The summed E-state index contributed by atoms with van der Waals surface area (Å²) in [5.41, 5.74) is 0.729. The lowest BCUT2D eigenvalue weighted by atomic mass is 10.1. The van der Waals surface area contributed by atoms with Crippen LogP contribution >= 0.6 is 0 Å². The molecule has 0 aliphatic carbocycles. The second-order valence-electron chi connectivity index (χ2n) is 2.65. The molecule has 0 bridgehead atoms. The molecule has 0 amide bonds. The Labute approximate surface area is 74.9 Å². The molecular weight excluding hydrogens is 164 g/mol. The van der Waals surface area contributed by atoms with Gasteiger partial charge in [-0.05, 0) is 12.1 Å². The van der Waals surface area contributed by atoms with Crippen LogP contribution in [0.5, 0.6) is 5.75 Å². The number of nitrogens with zero attached hydrogens (tertiary/aromatic N) is 2. The summed E-state index contributed by atoms with van der Waals surface area (Å²) in [4.78, 5) is 3.99. The van der Waals surface area contributed by atoms with E-state index in [0.717, 1.165) is 5.39 Å². The van der Waals surface area contributed by atoms with Gasteiger partial charge in [0.05, 0.1) is 5.56 Å². The fraction of sp³-hybridized carbons (Fsp3) is 0. The third-order valence-electron chi connectivity index (χ3n) is 1.87. The molecule has 0 saturated carbocycles. The molecule has 0 saturated heterocycles. The summed E-state index contributed by atoms with van der Waals surface area (Å²) >= 11 is 0. The first kappa shape index (κ1) is 7.56. The fourth-order valence-electron chi connectivity index (χ4n) is 1.22. The van der Waals surface area contributed by atoms with E-state index in [1.807, 2.05) is 12.1 Å². The standard InChI is InChI=1S/C10H6N2O/c11-6-8-4-3-7-2-1-5-12-9(7)10(8)13/h1-5,13H. The fourth-order valence-corrected chi connectivity index (χ4v) is 1.22. The molecule has 1 aromatic heterocycles. The molecule has 0 fully saturated rings. The Balaban J connectivity index is 2.89. The molecule has 0 atom stereocenters. The van der Waals surface area contributed by atoms with Gasteiger partial charge in [-0.1, -0.05) is 12.1 Å². The van der Waals surface area contributed by atoms with Crippen LogP contribution in [-0.2, 0) is 0 Å². The second-order valence-corrected chi connectivity index (χ2v) is 2.65. The van der Waals surface area contributed by atoms with E-state index in [1.54, 1.807) is 24.4 Å². The SMILES string of the molecule is N#Cc1ccc2cccnc2c1O. The molecule has 0 aliphatic heterocycles. The van der Waals surface area contributed by atoms with Gasteiger partial charge in [0.2, 0.25) is 0 Å². The first-order valence-corrected chi connectivity index (χ1v) is 3.80. The summed E-state index contributed by atoms with van der Waals surface area (Å²) in [5.74, 6) is -0.0411. The van der Waals surface area contributed by atoms with Gasteiger partial charge in [-0.3, -0.25) is 4.98 Å². The predicted octanol–water partition coefficient (Wildman–Crippen LogP) is 1.81. The van der Waals surface area contributed by atoms with Crippen LogP contribution in [0.1, 0.15) is 5.56 Å². The summed E-state index contributed by atoms with van der Waals surface area (Å²) in [7, 11) is 0. The second kappa shape index (κ2) is 2.76. The zero-order valence-corrected chi connectivity index (χ0v) is 6.73. The highest BCUT2D eigenvalue weighted by atomic mass is 16.3. The lowest BCUT2D eigenvalue weighted by Crippen LogP contribution is -1.82. The molecule has 1 aromatic carbocycles. The summed E-state index contributed by atoms with van der Waals surface area (Å²) < 4.78 is 0. The molecule has 0 aliphatic rings. The largest absolute Gasteiger partial charge is 0.504 e. The van der Waals surface area contributed by atoms with Gasteiger partial charge >= 0.3 is 0 Å². The van der Waals surface area contributed by atoms with E-state index < -0.39 is 0 Å². The maximum atomic E-state index is 9.56. The van der Waals surface area contributed by atoms with Gasteiger partial charge in [-0.25, -0.2) is 0 Å². The topological polar surface area (TPSA) is 56.9 Å². The third-order valence-corrected chi connectivity index (χ3v) is 1.87. The Hall–Kier alpha value is -2.08. The average Bonchev–Trinajstić information content (AvgIpc) is 2.19. The number of nitriles is 1. The van der Waals surface area contributed by atoms with Crippen molar-refractivity contribution in [2.24, 2.45) is 0 Å². The van der Waals surface area contributed by atoms with Crippen LogP contribution < -0.4 is 0 Å². The number of pyridine rings is 1. The molecule has 0 unspecified atom stereocenters. The highest BCUT2D eigenvalue weighted by Crippen LogP contribution is 2.25. The van der Waals surface area contributed by atoms with Crippen molar-refractivity contribution in [2.75, 3.05) is 0 Å². The molecule has 1 heterocycles. The maximum absolute atomic E-state index is 9.56. The zero-order chi connectivity index (χ0) is 9.26. The Morgan fingerprint density at radius 2 is 2.15 bits per heavy atom. The lowest BCUT2D eigenvalue weighted by molar-refractivity contribution is 0.478. The number of aromatic nitrogens is 1. The third kappa shape index (κ3) is 1.09. The Morgan fingerprint density at radius 3 is 2.92 bits per heavy atom. The van der Waals surface area contributed by atoms with Gasteiger partial charge in [0.15, 0.2) is 5.75 Å². The van der Waals surface area contributed by atoms with Gasteiger partial charge in [-0.2, -0.15) is 5.26 Å². The average molecular weight is 170 g/mol. The Kier molecular flexibility index (Phi) is 1.60. The highest BCUT2D eigenvalue weighted by molar-refractivity contribution is 5.86. The molecule has 1 N–H and O–H groups in total. The van der Waals surface area contributed by atoms with Crippen molar-refractivity contribution in [2.45, 2.75) is 0 Å².